The second kappa shape index (κ2) is 30.7. The molecule has 0 bridgehead atoms. The van der Waals surface area contributed by atoms with Gasteiger partial charge in [-0.2, -0.15) is 5.26 Å². The highest BCUT2D eigenvalue weighted by molar-refractivity contribution is 6.90. The van der Waals surface area contributed by atoms with E-state index in [-0.39, 0.29) is 103 Å². The number of likely N-dealkylation sites (tertiary alicyclic amines) is 1. The standard InChI is InChI=1S/C56H79FN12O14Si/c1-55(2,3)84(57,56(4,5)6)40-13-10-37(11-14-40)51(78)60-31-43(52(79)59-18-8-28-83-39-12-15-42-41(29-39)50(63-36-62-42)53(80)61-32-46(71)69-19-7-9-38(69)30-58)64-45(70)17-16-44(54(81)82)68-26-24-66(34-48(74)75)22-20-65(33-47(72)73)21-23-67(25-27-68)35-49(76)77/h10-15,29,36,38,43-44H,7-9,16-28,31-35H2,1-6H3,(H,59,79)(H,60,78)(H,61,80)(H,64,70)(H,72,73)(H,74,75)(H,76,77)(H,81,82)/t38-,43+,44+/m0/s1. The second-order valence-corrected chi connectivity index (χ2v) is 27.8. The fourth-order valence-electron chi connectivity index (χ4n) is 10.7. The summed E-state index contributed by atoms with van der Waals surface area (Å²) < 4.78 is 23.1. The molecule has 84 heavy (non-hydrogen) atoms. The first-order valence-electron chi connectivity index (χ1n) is 27.9. The largest absolute Gasteiger partial charge is 0.494 e. The summed E-state index contributed by atoms with van der Waals surface area (Å²) in [4.78, 5) is 132. The van der Waals surface area contributed by atoms with E-state index in [2.05, 4.69) is 37.3 Å². The van der Waals surface area contributed by atoms with Crippen LogP contribution in [0.2, 0.25) is 10.1 Å². The molecule has 1 aromatic heterocycles. The maximum absolute atomic E-state index is 17.1. The normalized spacial score (nSPS) is 17.1. The zero-order valence-corrected chi connectivity index (χ0v) is 49.5. The topological polar surface area (TPSA) is 358 Å². The number of hydrogen-bond donors (Lipinski definition) is 8. The van der Waals surface area contributed by atoms with Crippen LogP contribution in [0.15, 0.2) is 48.8 Å². The number of carboxylic acid groups (broad SMARTS) is 4. The van der Waals surface area contributed by atoms with Gasteiger partial charge < -0.3 is 55.4 Å². The van der Waals surface area contributed by atoms with Crippen molar-refractivity contribution in [3.05, 3.63) is 60.0 Å². The SMILES string of the molecule is CC(C)(C)[Si](F)(c1ccc(C(=O)NC[C@@H](NC(=O)CC[C@H](C(=O)O)N2CCN(CC(=O)O)CCN(CC(=O)O)CCN(CC(=O)O)CC2)C(=O)NCCCOc2ccc3ncnc(C(=O)NCC(=O)N4CCC[C@H]4C#N)c3c2)cc1)C(C)(C)C. The number of nitrogens with one attached hydrogen (secondary N) is 4. The van der Waals surface area contributed by atoms with Crippen molar-refractivity contribution in [1.29, 1.82) is 5.26 Å². The van der Waals surface area contributed by atoms with E-state index in [9.17, 15) is 68.8 Å². The van der Waals surface area contributed by atoms with E-state index < -0.39 is 116 Å². The van der Waals surface area contributed by atoms with Crippen molar-refractivity contribution >= 4 is 77.9 Å². The van der Waals surface area contributed by atoms with Crippen molar-refractivity contribution in [1.82, 2.24) is 55.7 Å². The molecule has 2 aliphatic heterocycles. The number of amides is 5. The lowest BCUT2D eigenvalue weighted by atomic mass is 10.1. The average Bonchev–Trinajstić information content (AvgIpc) is 1.67. The molecule has 3 heterocycles. The number of carbonyl (C=O) groups is 9. The highest BCUT2D eigenvalue weighted by Crippen LogP contribution is 2.51. The number of carbonyl (C=O) groups excluding carboxylic acids is 5. The van der Waals surface area contributed by atoms with Crippen LogP contribution in [0, 0.1) is 11.3 Å². The first kappa shape index (κ1) is 67.1. The monoisotopic (exact) mass is 1190 g/mol. The number of nitriles is 1. The lowest BCUT2D eigenvalue weighted by Gasteiger charge is -2.44. The highest BCUT2D eigenvalue weighted by atomic mass is 28.4. The van der Waals surface area contributed by atoms with Crippen molar-refractivity contribution in [3.63, 3.8) is 0 Å². The maximum Gasteiger partial charge on any atom is 0.320 e. The Bertz CT molecular complexity index is 2840. The lowest BCUT2D eigenvalue weighted by molar-refractivity contribution is -0.145. The van der Waals surface area contributed by atoms with Crippen molar-refractivity contribution in [2.75, 3.05) is 105 Å². The van der Waals surface area contributed by atoms with Gasteiger partial charge in [-0.3, -0.25) is 62.8 Å². The molecule has 0 unspecified atom stereocenters. The third-order valence-electron chi connectivity index (χ3n) is 14.9. The van der Waals surface area contributed by atoms with Crippen molar-refractivity contribution in [2.24, 2.45) is 0 Å². The van der Waals surface area contributed by atoms with Crippen LogP contribution in [0.1, 0.15) is 94.5 Å². The summed E-state index contributed by atoms with van der Waals surface area (Å²) in [5, 5.41) is 58.9. The van der Waals surface area contributed by atoms with Gasteiger partial charge in [-0.05, 0) is 71.3 Å². The fraction of sp³-hybridized carbons (Fsp3) is 0.571. The number of aliphatic carboxylic acids is 4. The summed E-state index contributed by atoms with van der Waals surface area (Å²) >= 11 is 0. The van der Waals surface area contributed by atoms with E-state index in [1.54, 1.807) is 35.2 Å². The molecule has 0 spiro atoms. The Balaban J connectivity index is 1.28. The van der Waals surface area contributed by atoms with Gasteiger partial charge in [0.1, 0.15) is 35.9 Å². The lowest BCUT2D eigenvalue weighted by Crippen LogP contribution is -2.57. The molecular weight excluding hydrogens is 1110 g/mol. The molecule has 0 saturated carbocycles. The highest BCUT2D eigenvalue weighted by Gasteiger charge is 2.56. The number of carboxylic acids is 4. The van der Waals surface area contributed by atoms with Crippen molar-refractivity contribution in [3.8, 4) is 11.8 Å². The summed E-state index contributed by atoms with van der Waals surface area (Å²) in [5.41, 5.74) is 0.565. The molecule has 0 aliphatic carbocycles. The van der Waals surface area contributed by atoms with E-state index in [4.69, 9.17) is 4.74 Å². The Morgan fingerprint density at radius 2 is 1.32 bits per heavy atom. The zero-order valence-electron chi connectivity index (χ0n) is 48.5. The first-order chi connectivity index (χ1) is 39.6. The molecule has 2 fully saturated rings. The van der Waals surface area contributed by atoms with Gasteiger partial charge in [-0.25, -0.2) is 9.97 Å². The van der Waals surface area contributed by atoms with Gasteiger partial charge in [0.2, 0.25) is 17.7 Å². The molecule has 2 saturated heterocycles. The molecule has 2 aromatic carbocycles. The minimum absolute atomic E-state index is 0.00448. The summed E-state index contributed by atoms with van der Waals surface area (Å²) in [5.74, 6) is -7.61. The Morgan fingerprint density at radius 1 is 0.750 bits per heavy atom. The zero-order chi connectivity index (χ0) is 61.9. The van der Waals surface area contributed by atoms with Crippen LogP contribution in [-0.2, 0) is 33.6 Å². The smallest absolute Gasteiger partial charge is 0.320 e. The van der Waals surface area contributed by atoms with Gasteiger partial charge >= 0.3 is 23.9 Å². The van der Waals surface area contributed by atoms with E-state index >= 15 is 4.11 Å². The molecule has 5 rings (SSSR count). The van der Waals surface area contributed by atoms with Crippen LogP contribution in [0.3, 0.4) is 0 Å². The first-order valence-corrected chi connectivity index (χ1v) is 29.8. The fourth-order valence-corrected chi connectivity index (χ4v) is 15.3. The molecule has 3 aromatic rings. The quantitative estimate of drug-likeness (QED) is 0.0334. The van der Waals surface area contributed by atoms with E-state index in [1.165, 1.54) is 38.1 Å². The second-order valence-electron chi connectivity index (χ2n) is 23.0. The summed E-state index contributed by atoms with van der Waals surface area (Å²) in [6.07, 6.45) is 1.92. The van der Waals surface area contributed by atoms with Crippen LogP contribution in [0.5, 0.6) is 5.75 Å². The number of aromatic nitrogens is 2. The van der Waals surface area contributed by atoms with Crippen LogP contribution < -0.4 is 31.2 Å². The molecule has 0 radical (unpaired) electrons. The predicted octanol–water partition coefficient (Wildman–Crippen LogP) is 1.11. The number of hydrogen-bond acceptors (Lipinski definition) is 17. The third-order valence-corrected chi connectivity index (χ3v) is 20.1. The Labute approximate surface area is 488 Å². The Hall–Kier alpha value is -7.71. The van der Waals surface area contributed by atoms with Crippen LogP contribution >= 0.6 is 0 Å². The summed E-state index contributed by atoms with van der Waals surface area (Å²) in [6.45, 7) is 9.99. The Morgan fingerprint density at radius 3 is 1.86 bits per heavy atom. The number of fused-ring (bicyclic) bond motifs is 1. The number of rotatable bonds is 25. The molecule has 2 aliphatic rings. The molecule has 458 valence electrons. The van der Waals surface area contributed by atoms with Crippen LogP contribution in [-0.4, -0.2) is 240 Å². The van der Waals surface area contributed by atoms with Crippen molar-refractivity contribution in [2.45, 2.75) is 102 Å². The van der Waals surface area contributed by atoms with E-state index in [0.717, 1.165) is 0 Å². The average molecular weight is 1190 g/mol. The van der Waals surface area contributed by atoms with Gasteiger partial charge in [-0.15, -0.1) is 0 Å². The number of ether oxygens (including phenoxy) is 1. The van der Waals surface area contributed by atoms with Gasteiger partial charge in [0.25, 0.3) is 20.2 Å². The molecule has 5 amide bonds. The third kappa shape index (κ3) is 19.2. The minimum atomic E-state index is -3.68. The van der Waals surface area contributed by atoms with Gasteiger partial charge in [0.15, 0.2) is 0 Å². The van der Waals surface area contributed by atoms with E-state index in [1.807, 2.05) is 41.5 Å². The molecule has 8 N–H and O–H groups in total. The van der Waals surface area contributed by atoms with Gasteiger partial charge in [-0.1, -0.05) is 53.7 Å². The van der Waals surface area contributed by atoms with Gasteiger partial charge in [0.05, 0.1) is 44.4 Å². The molecule has 3 atom stereocenters. The number of benzene rings is 2. The maximum atomic E-state index is 17.1. The number of nitrogens with zero attached hydrogens (tertiary/aromatic N) is 8. The molecule has 28 heteroatoms. The Kier molecular flexibility index (Phi) is 24.5. The molecular formula is C56H79FN12O14Si. The van der Waals surface area contributed by atoms with Crippen LogP contribution in [0.4, 0.5) is 4.11 Å². The summed E-state index contributed by atoms with van der Waals surface area (Å²) in [7, 11) is -3.68. The van der Waals surface area contributed by atoms with Gasteiger partial charge in [0, 0.05) is 89.4 Å². The summed E-state index contributed by atoms with van der Waals surface area (Å²) in [6, 6.07) is 9.78. The van der Waals surface area contributed by atoms with E-state index in [0.29, 0.717) is 41.2 Å². The molecule has 26 nitrogen and oxygen atoms in total. The number of halogens is 1. The predicted molar refractivity (Wildman–Crippen MR) is 306 cm³/mol. The van der Waals surface area contributed by atoms with Crippen LogP contribution in [0.25, 0.3) is 10.9 Å². The van der Waals surface area contributed by atoms with Crippen molar-refractivity contribution < 1.29 is 72.4 Å². The minimum Gasteiger partial charge on any atom is -0.494 e.